The topological polar surface area (TPSA) is 13.1 Å². The average Bonchev–Trinajstić information content (AvgIpc) is 3.52. The largest absolute Gasteiger partial charge is 0.455 e. The molecular formula is C42H26O. The minimum Gasteiger partial charge on any atom is -0.455 e. The van der Waals surface area contributed by atoms with Gasteiger partial charge in [-0.2, -0.15) is 0 Å². The Bertz CT molecular complexity index is 2780. The van der Waals surface area contributed by atoms with Crippen molar-refractivity contribution < 1.29 is 12.6 Å². The Kier molecular flexibility index (Phi) is 4.11. The second-order valence-electron chi connectivity index (χ2n) is 10.7. The molecule has 1 heteroatoms. The molecule has 0 fully saturated rings. The van der Waals surface area contributed by atoms with Crippen LogP contribution in [0.4, 0.5) is 0 Å². The van der Waals surface area contributed by atoms with Crippen molar-refractivity contribution in [1.82, 2.24) is 0 Å². The van der Waals surface area contributed by atoms with Crippen LogP contribution in [0.15, 0.2) is 162 Å². The maximum absolute atomic E-state index is 9.56. The molecule has 0 aliphatic heterocycles. The van der Waals surface area contributed by atoms with Crippen molar-refractivity contribution in [3.63, 3.8) is 0 Å². The SMILES string of the molecule is [2H]c1c(-c2c3ccccc3c(-c3cccc4c3oc3ccccc34)c3ccccc23)c([2H])c2c([2H])c([2H])c(-c3ccccc3)c([2H])c2c1[2H]. The van der Waals surface area contributed by atoms with E-state index in [2.05, 4.69) is 18.2 Å². The van der Waals surface area contributed by atoms with Crippen LogP contribution in [0, 0.1) is 0 Å². The Morgan fingerprint density at radius 3 is 1.63 bits per heavy atom. The van der Waals surface area contributed by atoms with Gasteiger partial charge in [0.2, 0.25) is 0 Å². The zero-order valence-electron chi connectivity index (χ0n) is 29.0. The number of rotatable bonds is 3. The van der Waals surface area contributed by atoms with E-state index in [1.807, 2.05) is 78.9 Å². The highest BCUT2D eigenvalue weighted by Gasteiger charge is 2.20. The zero-order chi connectivity index (χ0) is 33.6. The molecule has 9 rings (SSSR count). The first-order chi connectivity index (χ1) is 23.9. The molecular weight excluding hydrogens is 520 g/mol. The lowest BCUT2D eigenvalue weighted by Crippen LogP contribution is -1.91. The lowest BCUT2D eigenvalue weighted by molar-refractivity contribution is 0.670. The fraction of sp³-hybridized carbons (Fsp3) is 0. The predicted molar refractivity (Wildman–Crippen MR) is 183 cm³/mol. The number of fused-ring (bicyclic) bond motifs is 6. The van der Waals surface area contributed by atoms with Crippen LogP contribution < -0.4 is 0 Å². The van der Waals surface area contributed by atoms with Crippen LogP contribution in [-0.4, -0.2) is 0 Å². The van der Waals surface area contributed by atoms with E-state index in [1.165, 1.54) is 0 Å². The second-order valence-corrected chi connectivity index (χ2v) is 10.7. The average molecular weight is 553 g/mol. The van der Waals surface area contributed by atoms with Crippen molar-refractivity contribution in [2.24, 2.45) is 0 Å². The first-order valence-corrected chi connectivity index (χ1v) is 14.3. The normalized spacial score (nSPS) is 13.7. The Morgan fingerprint density at radius 1 is 0.395 bits per heavy atom. The monoisotopic (exact) mass is 552 g/mol. The van der Waals surface area contributed by atoms with Crippen LogP contribution in [0.1, 0.15) is 8.22 Å². The Labute approximate surface area is 257 Å². The molecule has 1 heterocycles. The first kappa shape index (κ1) is 18.7. The summed E-state index contributed by atoms with van der Waals surface area (Å²) in [7, 11) is 0. The molecule has 0 atom stereocenters. The number of para-hydroxylation sites is 2. The third-order valence-electron chi connectivity index (χ3n) is 8.29. The summed E-state index contributed by atoms with van der Waals surface area (Å²) in [6.45, 7) is 0. The smallest absolute Gasteiger partial charge is 0.143 e. The first-order valence-electron chi connectivity index (χ1n) is 17.3. The highest BCUT2D eigenvalue weighted by Crippen LogP contribution is 2.46. The molecule has 1 aromatic heterocycles. The minimum absolute atomic E-state index is 0.0370. The number of hydrogen-bond donors (Lipinski definition) is 0. The van der Waals surface area contributed by atoms with Gasteiger partial charge in [0.15, 0.2) is 0 Å². The quantitative estimate of drug-likeness (QED) is 0.199. The molecule has 0 spiro atoms. The summed E-state index contributed by atoms with van der Waals surface area (Å²) >= 11 is 0. The van der Waals surface area contributed by atoms with Gasteiger partial charge in [-0.3, -0.25) is 0 Å². The maximum atomic E-state index is 9.56. The minimum atomic E-state index is -0.235. The highest BCUT2D eigenvalue weighted by atomic mass is 16.3. The molecule has 0 saturated carbocycles. The fourth-order valence-electron chi connectivity index (χ4n) is 6.38. The van der Waals surface area contributed by atoms with Gasteiger partial charge < -0.3 is 4.42 Å². The van der Waals surface area contributed by atoms with E-state index in [0.717, 1.165) is 54.6 Å². The van der Waals surface area contributed by atoms with Gasteiger partial charge in [-0.1, -0.05) is 139 Å². The van der Waals surface area contributed by atoms with Gasteiger partial charge in [-0.25, -0.2) is 0 Å². The number of hydrogen-bond acceptors (Lipinski definition) is 1. The van der Waals surface area contributed by atoms with Crippen LogP contribution >= 0.6 is 0 Å². The van der Waals surface area contributed by atoms with Crippen LogP contribution in [0.25, 0.3) is 87.6 Å². The molecule has 0 radical (unpaired) electrons. The van der Waals surface area contributed by atoms with Crippen LogP contribution in [0.2, 0.25) is 0 Å². The maximum Gasteiger partial charge on any atom is 0.143 e. The molecule has 0 saturated heterocycles. The molecule has 0 unspecified atom stereocenters. The van der Waals surface area contributed by atoms with E-state index in [1.54, 1.807) is 24.3 Å². The van der Waals surface area contributed by atoms with Gasteiger partial charge >= 0.3 is 0 Å². The standard InChI is InChI=1S/C42H26O/c1-2-11-27(12-3-1)28-21-22-30-26-31(24-23-29(30)25-28)40-33-14-4-6-16-35(33)41(36-17-7-5-15-34(36)40)38-19-10-18-37-32-13-8-9-20-39(32)43-42(37)38/h1-26H/i21D,22D,23D,24D,25D,26D. The van der Waals surface area contributed by atoms with Crippen LogP contribution in [0.5, 0.6) is 0 Å². The summed E-state index contributed by atoms with van der Waals surface area (Å²) in [6.07, 6.45) is 0. The third-order valence-corrected chi connectivity index (χ3v) is 8.29. The van der Waals surface area contributed by atoms with Crippen molar-refractivity contribution in [3.8, 4) is 33.4 Å². The number of benzene rings is 8. The second kappa shape index (κ2) is 9.44. The van der Waals surface area contributed by atoms with Crippen molar-refractivity contribution in [3.05, 3.63) is 158 Å². The number of furan rings is 1. The van der Waals surface area contributed by atoms with E-state index in [0.29, 0.717) is 11.1 Å². The van der Waals surface area contributed by atoms with E-state index in [-0.39, 0.29) is 58.2 Å². The summed E-state index contributed by atoms with van der Waals surface area (Å²) in [5.41, 5.74) is 5.08. The Balaban J connectivity index is 1.42. The molecule has 8 aromatic carbocycles. The van der Waals surface area contributed by atoms with E-state index in [4.69, 9.17) is 8.53 Å². The lowest BCUT2D eigenvalue weighted by atomic mass is 9.85. The molecule has 200 valence electrons. The van der Waals surface area contributed by atoms with Gasteiger partial charge in [-0.05, 0) is 72.7 Å². The van der Waals surface area contributed by atoms with E-state index in [9.17, 15) is 4.11 Å². The molecule has 0 aliphatic rings. The Morgan fingerprint density at radius 2 is 0.930 bits per heavy atom. The van der Waals surface area contributed by atoms with Gasteiger partial charge in [0.05, 0.1) is 8.22 Å². The van der Waals surface area contributed by atoms with Crippen molar-refractivity contribution >= 4 is 54.3 Å². The molecule has 0 amide bonds. The Hall–Kier alpha value is -5.66. The molecule has 9 aromatic rings. The summed E-state index contributed by atoms with van der Waals surface area (Å²) < 4.78 is 61.8. The van der Waals surface area contributed by atoms with Crippen LogP contribution in [0.3, 0.4) is 0 Å². The summed E-state index contributed by atoms with van der Waals surface area (Å²) in [4.78, 5) is 0. The molecule has 43 heavy (non-hydrogen) atoms. The van der Waals surface area contributed by atoms with Gasteiger partial charge in [-0.15, -0.1) is 0 Å². The van der Waals surface area contributed by atoms with E-state index >= 15 is 0 Å². The van der Waals surface area contributed by atoms with Gasteiger partial charge in [0.25, 0.3) is 0 Å². The highest BCUT2D eigenvalue weighted by molar-refractivity contribution is 6.24. The summed E-state index contributed by atoms with van der Waals surface area (Å²) in [5.74, 6) is 0. The van der Waals surface area contributed by atoms with Crippen molar-refractivity contribution in [1.29, 1.82) is 0 Å². The van der Waals surface area contributed by atoms with Crippen LogP contribution in [-0.2, 0) is 0 Å². The van der Waals surface area contributed by atoms with Gasteiger partial charge in [0, 0.05) is 21.9 Å². The third kappa shape index (κ3) is 3.72. The summed E-state index contributed by atoms with van der Waals surface area (Å²) in [6, 6.07) is 37.8. The molecule has 1 nitrogen and oxygen atoms in total. The van der Waals surface area contributed by atoms with Crippen molar-refractivity contribution in [2.45, 2.75) is 0 Å². The molecule has 0 bridgehead atoms. The van der Waals surface area contributed by atoms with E-state index < -0.39 is 0 Å². The molecule has 0 aliphatic carbocycles. The van der Waals surface area contributed by atoms with Crippen molar-refractivity contribution in [2.75, 3.05) is 0 Å². The van der Waals surface area contributed by atoms with Gasteiger partial charge in [0.1, 0.15) is 11.2 Å². The fourth-order valence-corrected chi connectivity index (χ4v) is 6.38. The predicted octanol–water partition coefficient (Wildman–Crippen LogP) is 12.0. The zero-order valence-corrected chi connectivity index (χ0v) is 23.0. The lowest BCUT2D eigenvalue weighted by Gasteiger charge is -2.18. The summed E-state index contributed by atoms with van der Waals surface area (Å²) in [5, 5.41) is 5.48. The molecule has 0 N–H and O–H groups in total.